The van der Waals surface area contributed by atoms with Crippen LogP contribution in [-0.2, 0) is 4.74 Å². The summed E-state index contributed by atoms with van der Waals surface area (Å²) in [5.41, 5.74) is 1.06. The lowest BCUT2D eigenvalue weighted by molar-refractivity contribution is 0.0685. The number of nitrogens with zero attached hydrogens (tertiary/aromatic N) is 2. The quantitative estimate of drug-likeness (QED) is 0.780. The predicted molar refractivity (Wildman–Crippen MR) is 81.5 cm³/mol. The molecule has 3 rings (SSSR count). The first-order chi connectivity index (χ1) is 9.99. The summed E-state index contributed by atoms with van der Waals surface area (Å²) in [7, 11) is 0. The van der Waals surface area contributed by atoms with E-state index in [1.807, 2.05) is 44.2 Å². The highest BCUT2D eigenvalue weighted by Gasteiger charge is 2.49. The maximum absolute atomic E-state index is 12.3. The van der Waals surface area contributed by atoms with E-state index >= 15 is 0 Å². The van der Waals surface area contributed by atoms with Crippen molar-refractivity contribution in [3.8, 4) is 0 Å². The fourth-order valence-corrected chi connectivity index (χ4v) is 2.90. The van der Waals surface area contributed by atoms with Crippen molar-refractivity contribution in [2.75, 3.05) is 4.90 Å². The summed E-state index contributed by atoms with van der Waals surface area (Å²) < 4.78 is 5.55. The number of rotatable bonds is 2. The molecule has 0 unspecified atom stereocenters. The molecule has 1 aliphatic heterocycles. The summed E-state index contributed by atoms with van der Waals surface area (Å²) in [5.74, 6) is 0. The van der Waals surface area contributed by atoms with Gasteiger partial charge in [0.2, 0.25) is 0 Å². The Bertz CT molecular complexity index is 673. The van der Waals surface area contributed by atoms with Gasteiger partial charge in [-0.05, 0) is 31.5 Å². The van der Waals surface area contributed by atoms with Gasteiger partial charge < -0.3 is 4.74 Å². The molecule has 0 aliphatic carbocycles. The number of cyclic esters (lactones) is 1. The van der Waals surface area contributed by atoms with Gasteiger partial charge in [-0.15, -0.1) is 0 Å². The van der Waals surface area contributed by atoms with Crippen molar-refractivity contribution >= 4 is 23.4 Å². The molecule has 5 heteroatoms. The zero-order valence-electron chi connectivity index (χ0n) is 11.8. The van der Waals surface area contributed by atoms with Crippen LogP contribution in [0.1, 0.15) is 25.5 Å². The normalized spacial score (nSPS) is 20.4. The number of aromatic nitrogens is 1. The minimum absolute atomic E-state index is 0.218. The van der Waals surface area contributed by atoms with Crippen LogP contribution < -0.4 is 4.90 Å². The van der Waals surface area contributed by atoms with Crippen LogP contribution in [0.25, 0.3) is 0 Å². The Labute approximate surface area is 128 Å². The van der Waals surface area contributed by atoms with E-state index in [-0.39, 0.29) is 12.1 Å². The summed E-state index contributed by atoms with van der Waals surface area (Å²) in [6.45, 7) is 3.82. The number of hydrogen-bond acceptors (Lipinski definition) is 3. The van der Waals surface area contributed by atoms with E-state index in [1.54, 1.807) is 23.2 Å². The van der Waals surface area contributed by atoms with Crippen LogP contribution in [0, 0.1) is 0 Å². The number of carbonyl (C=O) groups is 1. The van der Waals surface area contributed by atoms with Crippen LogP contribution >= 0.6 is 11.6 Å². The highest BCUT2D eigenvalue weighted by molar-refractivity contribution is 6.29. The molecule has 0 bridgehead atoms. The molecule has 1 atom stereocenters. The van der Waals surface area contributed by atoms with Gasteiger partial charge in [0, 0.05) is 6.20 Å². The summed E-state index contributed by atoms with van der Waals surface area (Å²) >= 11 is 5.95. The predicted octanol–water partition coefficient (Wildman–Crippen LogP) is 4.21. The molecule has 1 aromatic carbocycles. The lowest BCUT2D eigenvalue weighted by atomic mass is 9.91. The summed E-state index contributed by atoms with van der Waals surface area (Å²) in [6, 6.07) is 13.0. The van der Waals surface area contributed by atoms with Crippen LogP contribution in [0.15, 0.2) is 48.7 Å². The molecule has 1 saturated heterocycles. The van der Waals surface area contributed by atoms with Gasteiger partial charge in [-0.25, -0.2) is 9.78 Å². The Kier molecular flexibility index (Phi) is 3.33. The Morgan fingerprint density at radius 3 is 2.62 bits per heavy atom. The second-order valence-corrected chi connectivity index (χ2v) is 5.88. The fraction of sp³-hybridized carbons (Fsp3) is 0.250. The molecular weight excluding hydrogens is 288 g/mol. The largest absolute Gasteiger partial charge is 0.441 e. The lowest BCUT2D eigenvalue weighted by Crippen LogP contribution is -2.33. The molecule has 1 aromatic heterocycles. The lowest BCUT2D eigenvalue weighted by Gasteiger charge is -2.29. The zero-order valence-corrected chi connectivity index (χ0v) is 12.5. The molecule has 1 aliphatic rings. The molecule has 0 spiro atoms. The van der Waals surface area contributed by atoms with Gasteiger partial charge in [0.15, 0.2) is 0 Å². The molecular formula is C16H15ClN2O2. The van der Waals surface area contributed by atoms with Crippen molar-refractivity contribution in [1.29, 1.82) is 0 Å². The molecule has 21 heavy (non-hydrogen) atoms. The molecule has 1 fully saturated rings. The Hall–Kier alpha value is -2.07. The average Bonchev–Trinajstić information content (AvgIpc) is 2.69. The number of hydrogen-bond donors (Lipinski definition) is 0. The minimum Gasteiger partial charge on any atom is -0.441 e. The van der Waals surface area contributed by atoms with E-state index in [4.69, 9.17) is 16.3 Å². The maximum Gasteiger partial charge on any atom is 0.415 e. The fourth-order valence-electron chi connectivity index (χ4n) is 2.73. The molecule has 1 amide bonds. The van der Waals surface area contributed by atoms with Gasteiger partial charge >= 0.3 is 6.09 Å². The summed E-state index contributed by atoms with van der Waals surface area (Å²) in [6.07, 6.45) is 1.20. The van der Waals surface area contributed by atoms with E-state index in [2.05, 4.69) is 4.98 Å². The van der Waals surface area contributed by atoms with Gasteiger partial charge in [-0.1, -0.05) is 41.9 Å². The second kappa shape index (κ2) is 5.04. The first-order valence-corrected chi connectivity index (χ1v) is 7.05. The highest BCUT2D eigenvalue weighted by Crippen LogP contribution is 2.43. The van der Waals surface area contributed by atoms with Crippen LogP contribution in [0.2, 0.25) is 5.15 Å². The topological polar surface area (TPSA) is 42.4 Å². The van der Waals surface area contributed by atoms with Crippen molar-refractivity contribution in [1.82, 2.24) is 4.98 Å². The van der Waals surface area contributed by atoms with Crippen LogP contribution in [0.5, 0.6) is 0 Å². The van der Waals surface area contributed by atoms with Gasteiger partial charge in [0.1, 0.15) is 16.8 Å². The van der Waals surface area contributed by atoms with Crippen molar-refractivity contribution in [2.45, 2.75) is 25.5 Å². The monoisotopic (exact) mass is 302 g/mol. The van der Waals surface area contributed by atoms with Gasteiger partial charge in [-0.2, -0.15) is 0 Å². The van der Waals surface area contributed by atoms with Gasteiger partial charge in [0.05, 0.1) is 5.69 Å². The molecule has 0 N–H and O–H groups in total. The number of anilines is 1. The molecule has 108 valence electrons. The highest BCUT2D eigenvalue weighted by atomic mass is 35.5. The number of pyridine rings is 1. The average molecular weight is 303 g/mol. The third-order valence-corrected chi connectivity index (χ3v) is 3.77. The van der Waals surface area contributed by atoms with Crippen LogP contribution in [-0.4, -0.2) is 16.7 Å². The SMILES string of the molecule is CC1(C)OC(=O)N(c2ccnc(Cl)c2)[C@H]1c1ccccc1. The number of benzene rings is 1. The van der Waals surface area contributed by atoms with E-state index in [9.17, 15) is 4.79 Å². The summed E-state index contributed by atoms with van der Waals surface area (Å²) in [4.78, 5) is 17.9. The number of amides is 1. The molecule has 2 heterocycles. The van der Waals surface area contributed by atoms with Crippen LogP contribution in [0.3, 0.4) is 0 Å². The number of halogens is 1. The zero-order chi connectivity index (χ0) is 15.0. The van der Waals surface area contributed by atoms with Crippen molar-refractivity contribution in [3.63, 3.8) is 0 Å². The van der Waals surface area contributed by atoms with Gasteiger partial charge in [0.25, 0.3) is 0 Å². The van der Waals surface area contributed by atoms with Crippen molar-refractivity contribution in [3.05, 3.63) is 59.4 Å². The van der Waals surface area contributed by atoms with E-state index in [0.29, 0.717) is 10.8 Å². The molecule has 0 radical (unpaired) electrons. The third kappa shape index (κ3) is 2.47. The molecule has 0 saturated carbocycles. The van der Waals surface area contributed by atoms with Crippen molar-refractivity contribution in [2.24, 2.45) is 0 Å². The Balaban J connectivity index is 2.11. The van der Waals surface area contributed by atoms with E-state index in [1.165, 1.54) is 0 Å². The smallest absolute Gasteiger partial charge is 0.415 e. The summed E-state index contributed by atoms with van der Waals surface area (Å²) in [5, 5.41) is 0.344. The maximum atomic E-state index is 12.3. The third-order valence-electron chi connectivity index (χ3n) is 3.57. The van der Waals surface area contributed by atoms with Crippen molar-refractivity contribution < 1.29 is 9.53 Å². The molecule has 2 aromatic rings. The minimum atomic E-state index is -0.631. The molecule has 4 nitrogen and oxygen atoms in total. The standard InChI is InChI=1S/C16H15ClN2O2/c1-16(2)14(11-6-4-3-5-7-11)19(15(20)21-16)12-8-9-18-13(17)10-12/h3-10,14H,1-2H3/t14-/m0/s1. The van der Waals surface area contributed by atoms with Gasteiger partial charge in [-0.3, -0.25) is 4.90 Å². The number of carbonyl (C=O) groups excluding carboxylic acids is 1. The van der Waals surface area contributed by atoms with E-state index in [0.717, 1.165) is 5.56 Å². The first kappa shape index (κ1) is 13.9. The second-order valence-electron chi connectivity index (χ2n) is 5.49. The Morgan fingerprint density at radius 2 is 1.95 bits per heavy atom. The van der Waals surface area contributed by atoms with Crippen LogP contribution in [0.4, 0.5) is 10.5 Å². The Morgan fingerprint density at radius 1 is 1.24 bits per heavy atom. The first-order valence-electron chi connectivity index (χ1n) is 6.68. The van der Waals surface area contributed by atoms with E-state index < -0.39 is 5.60 Å². The number of ether oxygens (including phenoxy) is 1.